The number of pyridine rings is 1. The molecule has 2 heterocycles. The summed E-state index contributed by atoms with van der Waals surface area (Å²) in [5, 5.41) is 3.94. The lowest BCUT2D eigenvalue weighted by molar-refractivity contribution is 0.0922. The summed E-state index contributed by atoms with van der Waals surface area (Å²) < 4.78 is 14.7. The Morgan fingerprint density at radius 2 is 1.73 bits per heavy atom. The lowest BCUT2D eigenvalue weighted by Crippen LogP contribution is -2.37. The first-order chi connectivity index (χ1) is 16.2. The predicted octanol–water partition coefficient (Wildman–Crippen LogP) is 5.82. The van der Waals surface area contributed by atoms with Crippen molar-refractivity contribution in [1.82, 2.24) is 15.2 Å². The Morgan fingerprint density at radius 1 is 0.970 bits per heavy atom. The van der Waals surface area contributed by atoms with E-state index in [4.69, 9.17) is 0 Å². The third-order valence-corrected chi connectivity index (χ3v) is 7.30. The SMILES string of the molecule is O=C(NC1CCCCC1)c1cc(CN2CCC(c3ccccc3)CC2)c2cccc(F)c2n1. The van der Waals surface area contributed by atoms with Crippen LogP contribution in [0.25, 0.3) is 10.9 Å². The van der Waals surface area contributed by atoms with Gasteiger partial charge < -0.3 is 5.32 Å². The van der Waals surface area contributed by atoms with Crippen LogP contribution in [-0.4, -0.2) is 34.9 Å². The van der Waals surface area contributed by atoms with Gasteiger partial charge in [0.2, 0.25) is 0 Å². The highest BCUT2D eigenvalue weighted by molar-refractivity contribution is 5.96. The zero-order valence-electron chi connectivity index (χ0n) is 19.1. The molecule has 5 heteroatoms. The number of hydrogen-bond acceptors (Lipinski definition) is 3. The molecule has 172 valence electrons. The van der Waals surface area contributed by atoms with Crippen molar-refractivity contribution in [2.75, 3.05) is 13.1 Å². The molecule has 2 aliphatic rings. The van der Waals surface area contributed by atoms with Crippen molar-refractivity contribution in [2.45, 2.75) is 63.5 Å². The van der Waals surface area contributed by atoms with Gasteiger partial charge in [-0.15, -0.1) is 0 Å². The van der Waals surface area contributed by atoms with Crippen molar-refractivity contribution in [1.29, 1.82) is 0 Å². The maximum atomic E-state index is 14.7. The number of halogens is 1. The molecular formula is C28H32FN3O. The zero-order chi connectivity index (χ0) is 22.6. The highest BCUT2D eigenvalue weighted by atomic mass is 19.1. The largest absolute Gasteiger partial charge is 0.348 e. The number of rotatable bonds is 5. The summed E-state index contributed by atoms with van der Waals surface area (Å²) in [6.07, 6.45) is 7.77. The van der Waals surface area contributed by atoms with Crippen molar-refractivity contribution in [2.24, 2.45) is 0 Å². The van der Waals surface area contributed by atoms with Crippen molar-refractivity contribution in [3.63, 3.8) is 0 Å². The van der Waals surface area contributed by atoms with Crippen LogP contribution in [0.3, 0.4) is 0 Å². The van der Waals surface area contributed by atoms with E-state index in [1.165, 1.54) is 18.1 Å². The number of hydrogen-bond donors (Lipinski definition) is 1. The Labute approximate surface area is 195 Å². The number of nitrogens with zero attached hydrogens (tertiary/aromatic N) is 2. The van der Waals surface area contributed by atoms with Crippen LogP contribution in [0.15, 0.2) is 54.6 Å². The maximum Gasteiger partial charge on any atom is 0.270 e. The number of piperidine rings is 1. The first-order valence-corrected chi connectivity index (χ1v) is 12.3. The summed E-state index contributed by atoms with van der Waals surface area (Å²) in [5.41, 5.74) is 3.01. The molecular weight excluding hydrogens is 413 g/mol. The normalized spacial score (nSPS) is 18.5. The van der Waals surface area contributed by atoms with Crippen LogP contribution in [0, 0.1) is 5.82 Å². The monoisotopic (exact) mass is 445 g/mol. The van der Waals surface area contributed by atoms with Gasteiger partial charge in [-0.05, 0) is 68.0 Å². The minimum atomic E-state index is -0.371. The first kappa shape index (κ1) is 22.0. The Hall–Kier alpha value is -2.79. The number of nitrogens with one attached hydrogen (secondary N) is 1. The quantitative estimate of drug-likeness (QED) is 0.539. The van der Waals surface area contributed by atoms with Crippen LogP contribution in [0.4, 0.5) is 4.39 Å². The summed E-state index contributed by atoms with van der Waals surface area (Å²) >= 11 is 0. The van der Waals surface area contributed by atoms with E-state index >= 15 is 0 Å². The van der Waals surface area contributed by atoms with E-state index in [1.807, 2.05) is 12.1 Å². The molecule has 0 unspecified atom stereocenters. The van der Waals surface area contributed by atoms with Gasteiger partial charge in [0.25, 0.3) is 5.91 Å². The van der Waals surface area contributed by atoms with E-state index in [0.29, 0.717) is 23.7 Å². The van der Waals surface area contributed by atoms with Crippen LogP contribution >= 0.6 is 0 Å². The Bertz CT molecular complexity index is 1100. The predicted molar refractivity (Wildman–Crippen MR) is 130 cm³/mol. The second-order valence-electron chi connectivity index (χ2n) is 9.57. The molecule has 0 atom stereocenters. The Balaban J connectivity index is 1.34. The molecule has 1 aliphatic carbocycles. The fraction of sp³-hybridized carbons (Fsp3) is 0.429. The topological polar surface area (TPSA) is 45.2 Å². The van der Waals surface area contributed by atoms with Gasteiger partial charge in [0.05, 0.1) is 0 Å². The second kappa shape index (κ2) is 10.0. The van der Waals surface area contributed by atoms with E-state index in [9.17, 15) is 9.18 Å². The van der Waals surface area contributed by atoms with Gasteiger partial charge in [-0.25, -0.2) is 9.37 Å². The van der Waals surface area contributed by atoms with E-state index in [1.54, 1.807) is 6.07 Å². The molecule has 2 fully saturated rings. The minimum absolute atomic E-state index is 0.184. The number of aromatic nitrogens is 1. The molecule has 33 heavy (non-hydrogen) atoms. The van der Waals surface area contributed by atoms with Crippen molar-refractivity contribution in [3.8, 4) is 0 Å². The van der Waals surface area contributed by atoms with Gasteiger partial charge >= 0.3 is 0 Å². The number of carbonyl (C=O) groups excluding carboxylic acids is 1. The van der Waals surface area contributed by atoms with Gasteiger partial charge in [-0.1, -0.05) is 61.7 Å². The van der Waals surface area contributed by atoms with Gasteiger partial charge in [0, 0.05) is 18.0 Å². The van der Waals surface area contributed by atoms with E-state index in [-0.39, 0.29) is 17.8 Å². The van der Waals surface area contributed by atoms with Crippen molar-refractivity contribution in [3.05, 3.63) is 77.2 Å². The number of amides is 1. The van der Waals surface area contributed by atoms with Crippen molar-refractivity contribution < 1.29 is 9.18 Å². The fourth-order valence-corrected chi connectivity index (χ4v) is 5.43. The highest BCUT2D eigenvalue weighted by Crippen LogP contribution is 2.30. The molecule has 5 rings (SSSR count). The lowest BCUT2D eigenvalue weighted by Gasteiger charge is -2.32. The molecule has 1 aliphatic heterocycles. The molecule has 3 aromatic rings. The molecule has 4 nitrogen and oxygen atoms in total. The van der Waals surface area contributed by atoms with Gasteiger partial charge in [0.15, 0.2) is 0 Å². The van der Waals surface area contributed by atoms with Gasteiger partial charge in [-0.2, -0.15) is 0 Å². The highest BCUT2D eigenvalue weighted by Gasteiger charge is 2.23. The van der Waals surface area contributed by atoms with Gasteiger partial charge in [0.1, 0.15) is 17.0 Å². The van der Waals surface area contributed by atoms with Crippen molar-refractivity contribution >= 4 is 16.8 Å². The molecule has 1 amide bonds. The number of likely N-dealkylation sites (tertiary alicyclic amines) is 1. The van der Waals surface area contributed by atoms with Crippen LogP contribution < -0.4 is 5.32 Å². The molecule has 2 aromatic carbocycles. The molecule has 0 spiro atoms. The first-order valence-electron chi connectivity index (χ1n) is 12.3. The molecule has 1 aromatic heterocycles. The van der Waals surface area contributed by atoms with E-state index in [0.717, 1.165) is 62.6 Å². The molecule has 1 saturated heterocycles. The summed E-state index contributed by atoms with van der Waals surface area (Å²) in [6.45, 7) is 2.68. The lowest BCUT2D eigenvalue weighted by atomic mass is 9.89. The Kier molecular flexibility index (Phi) is 6.68. The van der Waals surface area contributed by atoms with E-state index in [2.05, 4.69) is 45.5 Å². The number of benzene rings is 2. The standard InChI is InChI=1S/C28H32FN3O/c29-25-13-7-12-24-22(19-32-16-14-21(15-17-32)20-8-3-1-4-9-20)18-26(31-27(24)25)28(33)30-23-10-5-2-6-11-23/h1,3-4,7-9,12-13,18,21,23H,2,5-6,10-11,14-17,19H2,(H,30,33). The summed E-state index contributed by atoms with van der Waals surface area (Å²) in [6, 6.07) is 17.9. The zero-order valence-corrected chi connectivity index (χ0v) is 19.1. The van der Waals surface area contributed by atoms with Crippen LogP contribution in [-0.2, 0) is 6.54 Å². The third-order valence-electron chi connectivity index (χ3n) is 7.30. The fourth-order valence-electron chi connectivity index (χ4n) is 5.43. The third kappa shape index (κ3) is 5.09. The average Bonchev–Trinajstić information content (AvgIpc) is 2.86. The van der Waals surface area contributed by atoms with Gasteiger partial charge in [-0.3, -0.25) is 9.69 Å². The van der Waals surface area contributed by atoms with Crippen LogP contribution in [0.2, 0.25) is 0 Å². The number of fused-ring (bicyclic) bond motifs is 1. The number of carbonyl (C=O) groups is 1. The van der Waals surface area contributed by atoms with Crippen LogP contribution in [0.5, 0.6) is 0 Å². The molecule has 1 N–H and O–H groups in total. The van der Waals surface area contributed by atoms with Crippen LogP contribution in [0.1, 0.15) is 72.5 Å². The van der Waals surface area contributed by atoms with E-state index < -0.39 is 0 Å². The number of para-hydroxylation sites is 1. The smallest absolute Gasteiger partial charge is 0.270 e. The average molecular weight is 446 g/mol. The minimum Gasteiger partial charge on any atom is -0.348 e. The second-order valence-corrected chi connectivity index (χ2v) is 9.57. The molecule has 1 saturated carbocycles. The summed E-state index contributed by atoms with van der Waals surface area (Å²) in [5.74, 6) is 0.0332. The summed E-state index contributed by atoms with van der Waals surface area (Å²) in [4.78, 5) is 19.9. The summed E-state index contributed by atoms with van der Waals surface area (Å²) in [7, 11) is 0. The molecule has 0 bridgehead atoms. The molecule has 0 radical (unpaired) electrons. The Morgan fingerprint density at radius 3 is 2.48 bits per heavy atom. The maximum absolute atomic E-state index is 14.7.